The molecule has 0 spiro atoms. The predicted molar refractivity (Wildman–Crippen MR) is 146 cm³/mol. The minimum atomic E-state index is -0.0629. The summed E-state index contributed by atoms with van der Waals surface area (Å²) in [6.07, 6.45) is 5.24. The second-order valence-electron chi connectivity index (χ2n) is 9.24. The number of rotatable bonds is 10. The van der Waals surface area contributed by atoms with Crippen LogP contribution in [0.5, 0.6) is 5.75 Å². The lowest BCUT2D eigenvalue weighted by atomic mass is 10.00. The summed E-state index contributed by atoms with van der Waals surface area (Å²) < 4.78 is 6.97. The lowest BCUT2D eigenvalue weighted by molar-refractivity contribution is 0.0953. The number of thiazole rings is 1. The molecule has 6 heteroatoms. The molecule has 0 radical (unpaired) electrons. The minimum Gasteiger partial charge on any atom is -0.497 e. The molecule has 0 aliphatic heterocycles. The highest BCUT2D eigenvalue weighted by Gasteiger charge is 2.26. The number of benzene rings is 3. The van der Waals surface area contributed by atoms with Crippen molar-refractivity contribution in [3.8, 4) is 22.7 Å². The average Bonchev–Trinajstić information content (AvgIpc) is 3.70. The number of ether oxygens (including phenoxy) is 1. The van der Waals surface area contributed by atoms with Gasteiger partial charge in [0.1, 0.15) is 5.75 Å². The van der Waals surface area contributed by atoms with Gasteiger partial charge >= 0.3 is 4.87 Å². The second kappa shape index (κ2) is 11.0. The molecule has 0 atom stereocenters. The largest absolute Gasteiger partial charge is 0.497 e. The monoisotopic (exact) mass is 498 g/mol. The lowest BCUT2D eigenvalue weighted by Gasteiger charge is -2.13. The van der Waals surface area contributed by atoms with Crippen LogP contribution in [-0.4, -0.2) is 24.1 Å². The summed E-state index contributed by atoms with van der Waals surface area (Å²) in [5.74, 6) is 1.16. The first-order chi connectivity index (χ1) is 17.6. The fraction of sp³-hybridized carbons (Fsp3) is 0.267. The molecule has 0 bridgehead atoms. The highest BCUT2D eigenvalue weighted by Crippen LogP contribution is 2.42. The highest BCUT2D eigenvalue weighted by atomic mass is 32.1. The Kier molecular flexibility index (Phi) is 7.33. The van der Waals surface area contributed by atoms with Gasteiger partial charge in [0, 0.05) is 23.1 Å². The Bertz CT molecular complexity index is 1390. The average molecular weight is 499 g/mol. The number of hydrogen-bond donors (Lipinski definition) is 1. The standard InChI is InChI=1S/C30H30N2O3S/c1-35-27-14-12-26(13-15-27)32-28(20-36-30(32)34)24-17-23(22-10-11-22)18-25(19-24)29(33)31-16-6-5-9-21-7-3-2-4-8-21/h2-4,7-8,12-15,17-20,22H,5-6,9-11,16H2,1H3,(H,31,33). The Balaban J connectivity index is 1.34. The molecule has 3 aromatic carbocycles. The number of aryl methyl sites for hydroxylation is 1. The Hall–Kier alpha value is -3.64. The second-order valence-corrected chi connectivity index (χ2v) is 10.1. The summed E-state index contributed by atoms with van der Waals surface area (Å²) in [7, 11) is 1.62. The highest BCUT2D eigenvalue weighted by molar-refractivity contribution is 7.07. The van der Waals surface area contributed by atoms with E-state index in [2.05, 4.69) is 35.6 Å². The van der Waals surface area contributed by atoms with E-state index < -0.39 is 0 Å². The molecule has 1 heterocycles. The van der Waals surface area contributed by atoms with Gasteiger partial charge in [-0.1, -0.05) is 41.7 Å². The van der Waals surface area contributed by atoms with Gasteiger partial charge in [0.2, 0.25) is 0 Å². The normalized spacial score (nSPS) is 12.9. The van der Waals surface area contributed by atoms with Crippen molar-refractivity contribution in [2.24, 2.45) is 0 Å². The van der Waals surface area contributed by atoms with Crippen molar-refractivity contribution in [2.45, 2.75) is 38.0 Å². The molecule has 1 amide bonds. The zero-order chi connectivity index (χ0) is 24.9. The van der Waals surface area contributed by atoms with Crippen LogP contribution in [0.15, 0.2) is 83.0 Å². The molecule has 5 nitrogen and oxygen atoms in total. The van der Waals surface area contributed by atoms with E-state index in [9.17, 15) is 9.59 Å². The molecule has 1 fully saturated rings. The molecule has 5 rings (SSSR count). The maximum atomic E-state index is 13.1. The molecule has 4 aromatic rings. The molecule has 1 aliphatic rings. The molecule has 1 N–H and O–H groups in total. The van der Waals surface area contributed by atoms with E-state index in [4.69, 9.17) is 4.74 Å². The summed E-state index contributed by atoms with van der Waals surface area (Å²) in [5, 5.41) is 4.97. The first kappa shape index (κ1) is 24.1. The number of carbonyl (C=O) groups excluding carboxylic acids is 1. The first-order valence-electron chi connectivity index (χ1n) is 12.4. The molecule has 1 saturated carbocycles. The molecular formula is C30H30N2O3S. The van der Waals surface area contributed by atoms with Gasteiger partial charge in [-0.3, -0.25) is 14.2 Å². The van der Waals surface area contributed by atoms with Crippen molar-refractivity contribution in [3.63, 3.8) is 0 Å². The zero-order valence-corrected chi connectivity index (χ0v) is 21.2. The molecule has 0 unspecified atom stereocenters. The Labute approximate surface area is 215 Å². The smallest absolute Gasteiger partial charge is 0.312 e. The van der Waals surface area contributed by atoms with Gasteiger partial charge in [-0.25, -0.2) is 0 Å². The fourth-order valence-electron chi connectivity index (χ4n) is 4.47. The van der Waals surface area contributed by atoms with Crippen LogP contribution in [0.4, 0.5) is 0 Å². The summed E-state index contributed by atoms with van der Waals surface area (Å²) >= 11 is 1.17. The summed E-state index contributed by atoms with van der Waals surface area (Å²) in [4.78, 5) is 25.8. The van der Waals surface area contributed by atoms with Crippen molar-refractivity contribution >= 4 is 17.2 Å². The van der Waals surface area contributed by atoms with Gasteiger partial charge in [-0.2, -0.15) is 0 Å². The van der Waals surface area contributed by atoms with Crippen LogP contribution in [0.1, 0.15) is 53.1 Å². The van der Waals surface area contributed by atoms with Crippen LogP contribution in [0.25, 0.3) is 16.9 Å². The van der Waals surface area contributed by atoms with Gasteiger partial charge in [-0.05, 0) is 91.6 Å². The van der Waals surface area contributed by atoms with Crippen LogP contribution < -0.4 is 14.9 Å². The number of nitrogens with one attached hydrogen (secondary N) is 1. The number of nitrogens with zero attached hydrogens (tertiary/aromatic N) is 1. The molecule has 0 saturated heterocycles. The van der Waals surface area contributed by atoms with Crippen LogP contribution in [0, 0.1) is 0 Å². The quantitative estimate of drug-likeness (QED) is 0.265. The fourth-order valence-corrected chi connectivity index (χ4v) is 5.23. The summed E-state index contributed by atoms with van der Waals surface area (Å²) in [5.41, 5.74) is 5.61. The SMILES string of the molecule is COc1ccc(-n2c(-c3cc(C(=O)NCCCCc4ccccc4)cc(C4CC4)c3)csc2=O)cc1. The van der Waals surface area contributed by atoms with Crippen molar-refractivity contribution < 1.29 is 9.53 Å². The third kappa shape index (κ3) is 5.60. The summed E-state index contributed by atoms with van der Waals surface area (Å²) in [6.45, 7) is 0.643. The van der Waals surface area contributed by atoms with Gasteiger partial charge in [0.15, 0.2) is 0 Å². The first-order valence-corrected chi connectivity index (χ1v) is 13.3. The van der Waals surface area contributed by atoms with E-state index in [1.165, 1.54) is 22.5 Å². The van der Waals surface area contributed by atoms with Crippen molar-refractivity contribution in [1.29, 1.82) is 0 Å². The molecule has 1 aliphatic carbocycles. The van der Waals surface area contributed by atoms with E-state index in [-0.39, 0.29) is 10.8 Å². The van der Waals surface area contributed by atoms with Gasteiger partial charge < -0.3 is 10.1 Å². The van der Waals surface area contributed by atoms with Crippen molar-refractivity contribution in [2.75, 3.05) is 13.7 Å². The Morgan fingerprint density at radius 2 is 1.81 bits per heavy atom. The number of amides is 1. The Morgan fingerprint density at radius 1 is 1.03 bits per heavy atom. The van der Waals surface area contributed by atoms with Crippen LogP contribution in [-0.2, 0) is 6.42 Å². The lowest BCUT2D eigenvalue weighted by Crippen LogP contribution is -2.24. The van der Waals surface area contributed by atoms with E-state index >= 15 is 0 Å². The maximum absolute atomic E-state index is 13.1. The van der Waals surface area contributed by atoms with Crippen LogP contribution >= 0.6 is 11.3 Å². The molecule has 184 valence electrons. The third-order valence-electron chi connectivity index (χ3n) is 6.61. The van der Waals surface area contributed by atoms with E-state index in [0.717, 1.165) is 54.8 Å². The topological polar surface area (TPSA) is 60.3 Å². The van der Waals surface area contributed by atoms with Crippen LogP contribution in [0.3, 0.4) is 0 Å². The van der Waals surface area contributed by atoms with Gasteiger partial charge in [0.25, 0.3) is 5.91 Å². The number of methoxy groups -OCH3 is 1. The van der Waals surface area contributed by atoms with Gasteiger partial charge in [-0.15, -0.1) is 0 Å². The zero-order valence-electron chi connectivity index (χ0n) is 20.4. The van der Waals surface area contributed by atoms with Gasteiger partial charge in [0.05, 0.1) is 18.5 Å². The molecule has 36 heavy (non-hydrogen) atoms. The Morgan fingerprint density at radius 3 is 2.53 bits per heavy atom. The molecular weight excluding hydrogens is 468 g/mol. The number of hydrogen-bond acceptors (Lipinski definition) is 4. The van der Waals surface area contributed by atoms with E-state index in [1.807, 2.05) is 47.8 Å². The maximum Gasteiger partial charge on any atom is 0.312 e. The third-order valence-corrected chi connectivity index (χ3v) is 7.33. The number of carbonyl (C=O) groups is 1. The summed E-state index contributed by atoms with van der Waals surface area (Å²) in [6, 6.07) is 23.9. The van der Waals surface area contributed by atoms with Crippen molar-refractivity contribution in [1.82, 2.24) is 9.88 Å². The molecule has 1 aromatic heterocycles. The van der Waals surface area contributed by atoms with E-state index in [0.29, 0.717) is 18.0 Å². The van der Waals surface area contributed by atoms with Crippen LogP contribution in [0.2, 0.25) is 0 Å². The van der Waals surface area contributed by atoms with E-state index in [1.54, 1.807) is 11.7 Å². The minimum absolute atomic E-state index is 0.0589. The number of aromatic nitrogens is 1. The predicted octanol–water partition coefficient (Wildman–Crippen LogP) is 6.20. The number of unbranched alkanes of at least 4 members (excludes halogenated alkanes) is 1. The van der Waals surface area contributed by atoms with Crippen molar-refractivity contribution in [3.05, 3.63) is 105 Å².